The molecule has 0 saturated carbocycles. The minimum absolute atomic E-state index is 0.0385. The van der Waals surface area contributed by atoms with Crippen LogP contribution in [0.3, 0.4) is 0 Å². The largest absolute Gasteiger partial charge is 0.466 e. The fourth-order valence-corrected chi connectivity index (χ4v) is 4.96. The smallest absolute Gasteiger partial charge is 0.310 e. The van der Waals surface area contributed by atoms with Gasteiger partial charge in [-0.05, 0) is 37.4 Å². The number of hydrogen-bond donors (Lipinski definition) is 0. The number of ether oxygens (including phenoxy) is 1. The fourth-order valence-electron chi connectivity index (χ4n) is 2.82. The molecule has 0 bridgehead atoms. The van der Waals surface area contributed by atoms with Crippen molar-refractivity contribution in [2.45, 2.75) is 17.6 Å². The molecule has 0 aliphatic heterocycles. The van der Waals surface area contributed by atoms with Gasteiger partial charge in [0.2, 0.25) is 11.5 Å². The number of esters is 1. The van der Waals surface area contributed by atoms with Crippen molar-refractivity contribution < 1.29 is 18.9 Å². The first-order valence-corrected chi connectivity index (χ1v) is 11.1. The second-order valence-corrected chi connectivity index (χ2v) is 8.38. The Balaban J connectivity index is 2.15. The average molecular weight is 433 g/mol. The van der Waals surface area contributed by atoms with Gasteiger partial charge >= 0.3 is 5.97 Å². The molecule has 0 amide bonds. The highest BCUT2D eigenvalue weighted by Crippen LogP contribution is 2.37. The summed E-state index contributed by atoms with van der Waals surface area (Å²) in [5, 5.41) is 0.569. The molecule has 0 N–H and O–H groups in total. The van der Waals surface area contributed by atoms with Crippen molar-refractivity contribution in [2.24, 2.45) is 0 Å². The lowest BCUT2D eigenvalue weighted by Gasteiger charge is -2.05. The molecule has 1 aromatic carbocycles. The number of aromatic nitrogens is 1. The Hall–Kier alpha value is -2.15. The van der Waals surface area contributed by atoms with Gasteiger partial charge < -0.3 is 4.74 Å². The lowest BCUT2D eigenvalue weighted by atomic mass is 10.0. The molecule has 0 radical (unpaired) electrons. The molecule has 144 valence electrons. The summed E-state index contributed by atoms with van der Waals surface area (Å²) in [6.07, 6.45) is 5.82. The summed E-state index contributed by atoms with van der Waals surface area (Å²) in [5.74, 6) is -0.477. The molecular formula is C21H19ClNO3S2+. The van der Waals surface area contributed by atoms with E-state index in [4.69, 9.17) is 16.3 Å². The molecule has 0 atom stereocenters. The molecule has 0 unspecified atom stereocenters. The molecule has 3 rings (SSSR count). The summed E-state index contributed by atoms with van der Waals surface area (Å²) in [5.41, 5.74) is 2.07. The number of carbonyl (C=O) groups excluding carboxylic acids is 2. The third-order valence-corrected chi connectivity index (χ3v) is 6.63. The number of ketones is 1. The van der Waals surface area contributed by atoms with Crippen LogP contribution in [0.5, 0.6) is 0 Å². The van der Waals surface area contributed by atoms with E-state index in [1.165, 1.54) is 11.3 Å². The number of rotatable bonds is 7. The number of carbonyl (C=O) groups is 2. The lowest BCUT2D eigenvalue weighted by Crippen LogP contribution is -2.31. The van der Waals surface area contributed by atoms with E-state index in [1.807, 2.05) is 41.4 Å². The van der Waals surface area contributed by atoms with E-state index in [0.29, 0.717) is 27.6 Å². The maximum atomic E-state index is 13.2. The minimum atomic E-state index is -0.351. The van der Waals surface area contributed by atoms with Crippen molar-refractivity contribution in [1.82, 2.24) is 0 Å². The van der Waals surface area contributed by atoms with Crippen molar-refractivity contribution >= 4 is 46.5 Å². The first-order chi connectivity index (χ1) is 13.5. The Morgan fingerprint density at radius 2 is 1.82 bits per heavy atom. The van der Waals surface area contributed by atoms with E-state index in [-0.39, 0.29) is 18.2 Å². The maximum Gasteiger partial charge on any atom is 0.310 e. The van der Waals surface area contributed by atoms with E-state index in [9.17, 15) is 9.59 Å². The Morgan fingerprint density at radius 1 is 1.14 bits per heavy atom. The normalized spacial score (nSPS) is 10.7. The van der Waals surface area contributed by atoms with Gasteiger partial charge in [-0.15, -0.1) is 23.1 Å². The Labute approximate surface area is 177 Å². The number of nitrogens with zero attached hydrogens (tertiary/aromatic N) is 1. The topological polar surface area (TPSA) is 47.3 Å². The van der Waals surface area contributed by atoms with Crippen molar-refractivity contribution in [1.29, 1.82) is 0 Å². The SMILES string of the molecule is CCOC(=O)Cc1c(C(=O)c2ccc(Cl)cc2)sc(SC)c1-[n+]1ccccc1. The fraction of sp³-hybridized carbons (Fsp3) is 0.190. The van der Waals surface area contributed by atoms with E-state index >= 15 is 0 Å². The molecule has 7 heteroatoms. The highest BCUT2D eigenvalue weighted by Gasteiger charge is 2.31. The van der Waals surface area contributed by atoms with Crippen molar-refractivity contribution in [2.75, 3.05) is 12.9 Å². The van der Waals surface area contributed by atoms with Crippen LogP contribution in [0.25, 0.3) is 5.69 Å². The third kappa shape index (κ3) is 4.46. The van der Waals surface area contributed by atoms with Crippen LogP contribution in [0, 0.1) is 0 Å². The number of benzene rings is 1. The molecule has 4 nitrogen and oxygen atoms in total. The summed E-state index contributed by atoms with van der Waals surface area (Å²) >= 11 is 8.91. The van der Waals surface area contributed by atoms with E-state index in [0.717, 1.165) is 9.90 Å². The first-order valence-electron chi connectivity index (χ1n) is 8.67. The number of thiophene rings is 1. The van der Waals surface area contributed by atoms with E-state index in [2.05, 4.69) is 0 Å². The zero-order chi connectivity index (χ0) is 20.1. The van der Waals surface area contributed by atoms with E-state index < -0.39 is 0 Å². The van der Waals surface area contributed by atoms with Crippen LogP contribution >= 0.6 is 34.7 Å². The standard InChI is InChI=1S/C21H19ClNO3S2/c1-3-26-17(24)13-16-18(23-11-5-4-6-12-23)21(27-2)28-20(16)19(25)14-7-9-15(22)10-8-14/h4-12H,3,13H2,1-2H3/q+1. The number of thioether (sulfide) groups is 1. The lowest BCUT2D eigenvalue weighted by molar-refractivity contribution is -0.598. The van der Waals surface area contributed by atoms with Crippen LogP contribution in [-0.4, -0.2) is 24.6 Å². The van der Waals surface area contributed by atoms with Crippen LogP contribution < -0.4 is 4.57 Å². The molecule has 28 heavy (non-hydrogen) atoms. The van der Waals surface area contributed by atoms with E-state index in [1.54, 1.807) is 43.0 Å². The van der Waals surface area contributed by atoms with Crippen molar-refractivity contribution in [3.8, 4) is 5.69 Å². The highest BCUT2D eigenvalue weighted by atomic mass is 35.5. The summed E-state index contributed by atoms with van der Waals surface area (Å²) in [6, 6.07) is 12.5. The van der Waals surface area contributed by atoms with Gasteiger partial charge in [-0.1, -0.05) is 17.7 Å². The maximum absolute atomic E-state index is 13.2. The Kier molecular flexibility index (Phi) is 6.88. The molecule has 0 spiro atoms. The summed E-state index contributed by atoms with van der Waals surface area (Å²) in [6.45, 7) is 2.07. The molecule has 0 saturated heterocycles. The summed E-state index contributed by atoms with van der Waals surface area (Å²) < 4.78 is 8.06. The van der Waals surface area contributed by atoms with Gasteiger partial charge in [0.05, 0.1) is 23.5 Å². The first kappa shape index (κ1) is 20.6. The Bertz CT molecular complexity index is 985. The second kappa shape index (κ2) is 9.37. The number of halogens is 1. The average Bonchev–Trinajstić information content (AvgIpc) is 3.07. The summed E-state index contributed by atoms with van der Waals surface area (Å²) in [4.78, 5) is 26.1. The number of hydrogen-bond acceptors (Lipinski definition) is 5. The van der Waals surface area contributed by atoms with Gasteiger partial charge in [0, 0.05) is 22.7 Å². The molecular weight excluding hydrogens is 414 g/mol. The van der Waals surface area contributed by atoms with Crippen LogP contribution in [0.1, 0.15) is 27.7 Å². The van der Waals surface area contributed by atoms with Crippen LogP contribution in [0.15, 0.2) is 59.1 Å². The van der Waals surface area contributed by atoms with Gasteiger partial charge in [-0.25, -0.2) is 0 Å². The van der Waals surface area contributed by atoms with Crippen molar-refractivity contribution in [3.05, 3.63) is 75.9 Å². The monoisotopic (exact) mass is 432 g/mol. The molecule has 2 aromatic heterocycles. The Morgan fingerprint density at radius 3 is 2.43 bits per heavy atom. The predicted molar refractivity (Wildman–Crippen MR) is 113 cm³/mol. The van der Waals surface area contributed by atoms with Crippen LogP contribution in [0.4, 0.5) is 0 Å². The molecule has 3 aromatic rings. The highest BCUT2D eigenvalue weighted by molar-refractivity contribution is 8.00. The molecule has 0 fully saturated rings. The van der Waals surface area contributed by atoms with Crippen LogP contribution in [0.2, 0.25) is 5.02 Å². The van der Waals surface area contributed by atoms with Gasteiger partial charge in [0.1, 0.15) is 4.21 Å². The number of pyridine rings is 1. The van der Waals surface area contributed by atoms with Gasteiger partial charge in [-0.3, -0.25) is 9.59 Å². The third-order valence-electron chi connectivity index (χ3n) is 4.05. The van der Waals surface area contributed by atoms with Crippen molar-refractivity contribution in [3.63, 3.8) is 0 Å². The predicted octanol–water partition coefficient (Wildman–Crippen LogP) is 4.74. The van der Waals surface area contributed by atoms with Gasteiger partial charge in [0.25, 0.3) is 0 Å². The second-order valence-electron chi connectivity index (χ2n) is 5.85. The zero-order valence-electron chi connectivity index (χ0n) is 15.5. The van der Waals surface area contributed by atoms with Gasteiger partial charge in [0.15, 0.2) is 12.4 Å². The summed E-state index contributed by atoms with van der Waals surface area (Å²) in [7, 11) is 0. The minimum Gasteiger partial charge on any atom is -0.466 e. The van der Waals surface area contributed by atoms with Gasteiger partial charge in [-0.2, -0.15) is 4.57 Å². The zero-order valence-corrected chi connectivity index (χ0v) is 17.9. The molecule has 2 heterocycles. The quantitative estimate of drug-likeness (QED) is 0.234. The molecule has 0 aliphatic rings. The van der Waals surface area contributed by atoms with Crippen LogP contribution in [-0.2, 0) is 16.0 Å². The molecule has 0 aliphatic carbocycles.